The number of pyridine rings is 1. The van der Waals surface area contributed by atoms with Crippen molar-refractivity contribution in [3.63, 3.8) is 0 Å². The van der Waals surface area contributed by atoms with Crippen LogP contribution in [0, 0.1) is 12.8 Å². The van der Waals surface area contributed by atoms with Crippen molar-refractivity contribution in [3.05, 3.63) is 40.0 Å². The molecule has 0 aromatic carbocycles. The largest absolute Gasteiger partial charge is 0.369 e. The molecule has 0 bridgehead atoms. The van der Waals surface area contributed by atoms with E-state index >= 15 is 0 Å². The normalized spacial score (nSPS) is 16.5. The van der Waals surface area contributed by atoms with Gasteiger partial charge in [-0.15, -0.1) is 35.3 Å². The Morgan fingerprint density at radius 3 is 2.97 bits per heavy atom. The predicted molar refractivity (Wildman–Crippen MR) is 137 cm³/mol. The predicted octanol–water partition coefficient (Wildman–Crippen LogP) is 2.46. The van der Waals surface area contributed by atoms with Crippen LogP contribution in [0.2, 0.25) is 0 Å². The van der Waals surface area contributed by atoms with Crippen molar-refractivity contribution < 1.29 is 4.79 Å². The van der Waals surface area contributed by atoms with Crippen LogP contribution in [0.5, 0.6) is 0 Å². The molecule has 4 N–H and O–H groups in total. The number of nitrogens with two attached hydrogens (primary N) is 1. The minimum atomic E-state index is -0.232. The van der Waals surface area contributed by atoms with Crippen LogP contribution in [-0.4, -0.2) is 48.0 Å². The van der Waals surface area contributed by atoms with E-state index in [1.54, 1.807) is 17.5 Å². The SMILES string of the molecule is CCNC(=NCc1cccnc1N1CCCC(C(N)=O)C1)NCCc1csc(C)n1.I. The highest BCUT2D eigenvalue weighted by molar-refractivity contribution is 14.0. The Balaban J connectivity index is 0.00000341. The van der Waals surface area contributed by atoms with E-state index in [1.165, 1.54) is 0 Å². The number of aliphatic imine (C=N–C) groups is 1. The maximum Gasteiger partial charge on any atom is 0.222 e. The van der Waals surface area contributed by atoms with Crippen LogP contribution in [0.3, 0.4) is 0 Å². The Bertz CT molecular complexity index is 873. The van der Waals surface area contributed by atoms with Gasteiger partial charge < -0.3 is 21.3 Å². The number of hydrogen-bond acceptors (Lipinski definition) is 6. The first-order chi connectivity index (χ1) is 14.6. The Kier molecular flexibility index (Phi) is 10.4. The number of anilines is 1. The molecule has 170 valence electrons. The Morgan fingerprint density at radius 2 is 2.26 bits per heavy atom. The molecule has 8 nitrogen and oxygen atoms in total. The van der Waals surface area contributed by atoms with E-state index in [4.69, 9.17) is 10.7 Å². The average molecular weight is 558 g/mol. The van der Waals surface area contributed by atoms with E-state index < -0.39 is 0 Å². The van der Waals surface area contributed by atoms with Crippen LogP contribution in [0.4, 0.5) is 5.82 Å². The Morgan fingerprint density at radius 1 is 1.42 bits per heavy atom. The van der Waals surface area contributed by atoms with E-state index in [2.05, 4.69) is 30.9 Å². The van der Waals surface area contributed by atoms with Gasteiger partial charge in [-0.05, 0) is 32.8 Å². The van der Waals surface area contributed by atoms with E-state index in [-0.39, 0.29) is 35.8 Å². The monoisotopic (exact) mass is 557 g/mol. The van der Waals surface area contributed by atoms with Gasteiger partial charge in [0, 0.05) is 49.7 Å². The van der Waals surface area contributed by atoms with Crippen molar-refractivity contribution in [1.82, 2.24) is 20.6 Å². The molecule has 3 rings (SSSR count). The summed E-state index contributed by atoms with van der Waals surface area (Å²) in [5, 5.41) is 9.86. The molecule has 1 atom stereocenters. The zero-order valence-electron chi connectivity index (χ0n) is 18.1. The molecular weight excluding hydrogens is 525 g/mol. The average Bonchev–Trinajstić information content (AvgIpc) is 3.17. The van der Waals surface area contributed by atoms with Crippen molar-refractivity contribution in [2.24, 2.45) is 16.6 Å². The Labute approximate surface area is 205 Å². The molecular formula is C21H32IN7OS. The van der Waals surface area contributed by atoms with Crippen molar-refractivity contribution in [3.8, 4) is 0 Å². The first-order valence-electron chi connectivity index (χ1n) is 10.5. The highest BCUT2D eigenvalue weighted by atomic mass is 127. The third-order valence-corrected chi connectivity index (χ3v) is 5.91. The lowest BCUT2D eigenvalue weighted by Gasteiger charge is -2.33. The van der Waals surface area contributed by atoms with E-state index in [9.17, 15) is 4.79 Å². The van der Waals surface area contributed by atoms with Crippen LogP contribution in [0.15, 0.2) is 28.7 Å². The van der Waals surface area contributed by atoms with Crippen LogP contribution >= 0.6 is 35.3 Å². The van der Waals surface area contributed by atoms with Gasteiger partial charge in [0.25, 0.3) is 0 Å². The van der Waals surface area contributed by atoms with Gasteiger partial charge in [-0.3, -0.25) is 4.79 Å². The number of guanidine groups is 1. The second-order valence-electron chi connectivity index (χ2n) is 7.40. The molecule has 0 spiro atoms. The number of thiazole rings is 1. The molecule has 31 heavy (non-hydrogen) atoms. The fraction of sp³-hybridized carbons (Fsp3) is 0.524. The zero-order chi connectivity index (χ0) is 21.3. The highest BCUT2D eigenvalue weighted by Crippen LogP contribution is 2.24. The molecule has 1 fully saturated rings. The first kappa shape index (κ1) is 25.3. The molecule has 0 radical (unpaired) electrons. The topological polar surface area (TPSA) is 109 Å². The minimum absolute atomic E-state index is 0. The van der Waals surface area contributed by atoms with Crippen LogP contribution in [0.25, 0.3) is 0 Å². The standard InChI is InChI=1S/C21H31N7OS.HI/c1-3-23-21(25-10-8-18-14-30-15(2)27-18)26-12-16-6-4-9-24-20(16)28-11-5-7-17(13-28)19(22)29;/h4,6,9,14,17H,3,5,7-8,10-13H2,1-2H3,(H2,22,29)(H2,23,25,26);1H. The zero-order valence-corrected chi connectivity index (χ0v) is 21.3. The van der Waals surface area contributed by atoms with Crippen molar-refractivity contribution >= 4 is 53.0 Å². The van der Waals surface area contributed by atoms with Crippen molar-refractivity contribution in [2.45, 2.75) is 39.7 Å². The van der Waals surface area contributed by atoms with Crippen LogP contribution in [-0.2, 0) is 17.8 Å². The van der Waals surface area contributed by atoms with Gasteiger partial charge >= 0.3 is 0 Å². The third kappa shape index (κ3) is 7.60. The number of carbonyl (C=O) groups is 1. The smallest absolute Gasteiger partial charge is 0.222 e. The van der Waals surface area contributed by atoms with Gasteiger partial charge in [-0.25, -0.2) is 15.0 Å². The number of carbonyl (C=O) groups excluding carboxylic acids is 1. The number of nitrogens with one attached hydrogen (secondary N) is 2. The lowest BCUT2D eigenvalue weighted by molar-refractivity contribution is -0.122. The quantitative estimate of drug-likeness (QED) is 0.262. The first-order valence-corrected chi connectivity index (χ1v) is 11.4. The molecule has 10 heteroatoms. The number of piperidine rings is 1. The summed E-state index contributed by atoms with van der Waals surface area (Å²) in [5.41, 5.74) is 7.68. The van der Waals surface area contributed by atoms with Crippen molar-refractivity contribution in [1.29, 1.82) is 0 Å². The molecule has 2 aromatic heterocycles. The molecule has 0 saturated carbocycles. The summed E-state index contributed by atoms with van der Waals surface area (Å²) in [4.78, 5) is 27.6. The van der Waals surface area contributed by atoms with Crippen molar-refractivity contribution in [2.75, 3.05) is 31.1 Å². The van der Waals surface area contributed by atoms with Gasteiger partial charge in [0.15, 0.2) is 5.96 Å². The summed E-state index contributed by atoms with van der Waals surface area (Å²) >= 11 is 1.67. The second-order valence-corrected chi connectivity index (χ2v) is 8.47. The molecule has 1 unspecified atom stereocenters. The molecule has 3 heterocycles. The molecule has 1 aliphatic heterocycles. The molecule has 1 saturated heterocycles. The lowest BCUT2D eigenvalue weighted by atomic mass is 9.97. The number of hydrogen-bond donors (Lipinski definition) is 3. The third-order valence-electron chi connectivity index (χ3n) is 5.08. The number of aryl methyl sites for hydroxylation is 1. The number of aromatic nitrogens is 2. The number of nitrogens with zero attached hydrogens (tertiary/aromatic N) is 4. The van der Waals surface area contributed by atoms with E-state index in [0.29, 0.717) is 13.1 Å². The number of primary amides is 1. The van der Waals surface area contributed by atoms with Crippen LogP contribution < -0.4 is 21.3 Å². The summed E-state index contributed by atoms with van der Waals surface area (Å²) in [6.45, 7) is 7.62. The van der Waals surface area contributed by atoms with E-state index in [1.807, 2.05) is 26.0 Å². The summed E-state index contributed by atoms with van der Waals surface area (Å²) in [6, 6.07) is 3.97. The molecule has 1 amide bonds. The number of amides is 1. The Hall–Kier alpha value is -1.95. The fourth-order valence-electron chi connectivity index (χ4n) is 3.58. The fourth-order valence-corrected chi connectivity index (χ4v) is 4.23. The van der Waals surface area contributed by atoms with Gasteiger partial charge in [-0.2, -0.15) is 0 Å². The molecule has 1 aliphatic rings. The van der Waals surface area contributed by atoms with Crippen LogP contribution in [0.1, 0.15) is 36.0 Å². The summed E-state index contributed by atoms with van der Waals surface area (Å²) < 4.78 is 0. The summed E-state index contributed by atoms with van der Waals surface area (Å²) in [6.07, 6.45) is 4.43. The minimum Gasteiger partial charge on any atom is -0.369 e. The maximum absolute atomic E-state index is 11.6. The number of halogens is 1. The maximum atomic E-state index is 11.6. The molecule has 0 aliphatic carbocycles. The second kappa shape index (κ2) is 12.8. The highest BCUT2D eigenvalue weighted by Gasteiger charge is 2.25. The molecule has 2 aromatic rings. The van der Waals surface area contributed by atoms with Gasteiger partial charge in [0.05, 0.1) is 23.2 Å². The van der Waals surface area contributed by atoms with Gasteiger partial charge in [-0.1, -0.05) is 6.07 Å². The lowest BCUT2D eigenvalue weighted by Crippen LogP contribution is -2.42. The summed E-state index contributed by atoms with van der Waals surface area (Å²) in [5.74, 6) is 1.31. The summed E-state index contributed by atoms with van der Waals surface area (Å²) in [7, 11) is 0. The van der Waals surface area contributed by atoms with Gasteiger partial charge in [0.1, 0.15) is 5.82 Å². The van der Waals surface area contributed by atoms with Gasteiger partial charge in [0.2, 0.25) is 5.91 Å². The van der Waals surface area contributed by atoms with E-state index in [0.717, 1.165) is 66.9 Å². The number of rotatable bonds is 8.